The van der Waals surface area contributed by atoms with Gasteiger partial charge in [-0.15, -0.1) is 0 Å². The third kappa shape index (κ3) is 2.89. The number of Topliss-reactive ketones (excluding diaryl/α,β-unsaturated/α-hetero) is 1. The fourth-order valence-electron chi connectivity index (χ4n) is 1.39. The van der Waals surface area contributed by atoms with Crippen LogP contribution in [-0.4, -0.2) is 18.0 Å². The normalized spacial score (nSPS) is 12.1. The molecule has 4 nitrogen and oxygen atoms in total. The summed E-state index contributed by atoms with van der Waals surface area (Å²) in [6.07, 6.45) is 1.21. The lowest BCUT2D eigenvalue weighted by Gasteiger charge is -2.10. The van der Waals surface area contributed by atoms with Gasteiger partial charge in [0.25, 0.3) is 0 Å². The predicted octanol–water partition coefficient (Wildman–Crippen LogP) is 0.666. The molecule has 80 valence electrons. The maximum Gasteiger partial charge on any atom is 0.190 e. The van der Waals surface area contributed by atoms with Crippen molar-refractivity contribution in [1.29, 1.82) is 5.41 Å². The van der Waals surface area contributed by atoms with E-state index in [1.54, 1.807) is 6.07 Å². The van der Waals surface area contributed by atoms with E-state index in [9.17, 15) is 4.79 Å². The summed E-state index contributed by atoms with van der Waals surface area (Å²) in [7, 11) is 0. The second-order valence-corrected chi connectivity index (χ2v) is 3.54. The standard InChI is InChI=1S/C11H15N3O/c1-7-4-9(13)3-2-8(7)5-10(14)11(15)6-12/h2-4,6,10,12H,5,13-14H2,1H3. The molecule has 0 spiro atoms. The number of ketones is 1. The van der Waals surface area contributed by atoms with Crippen LogP contribution in [0.25, 0.3) is 0 Å². The average Bonchev–Trinajstić information content (AvgIpc) is 2.20. The maximum atomic E-state index is 11.1. The van der Waals surface area contributed by atoms with Crippen molar-refractivity contribution in [3.05, 3.63) is 29.3 Å². The molecule has 1 aromatic carbocycles. The van der Waals surface area contributed by atoms with Crippen molar-refractivity contribution in [2.45, 2.75) is 19.4 Å². The zero-order valence-electron chi connectivity index (χ0n) is 8.66. The number of nitrogens with two attached hydrogens (primary N) is 2. The number of anilines is 1. The molecule has 15 heavy (non-hydrogen) atoms. The van der Waals surface area contributed by atoms with Crippen LogP contribution in [0.3, 0.4) is 0 Å². The van der Waals surface area contributed by atoms with Gasteiger partial charge in [-0.05, 0) is 36.6 Å². The number of carbonyl (C=O) groups excluding carboxylic acids is 1. The molecule has 0 amide bonds. The van der Waals surface area contributed by atoms with Gasteiger partial charge in [0, 0.05) is 5.69 Å². The van der Waals surface area contributed by atoms with Crippen molar-refractivity contribution in [3.63, 3.8) is 0 Å². The van der Waals surface area contributed by atoms with Crippen molar-refractivity contribution in [1.82, 2.24) is 0 Å². The summed E-state index contributed by atoms with van der Waals surface area (Å²) in [6.45, 7) is 1.92. The van der Waals surface area contributed by atoms with Gasteiger partial charge in [0.15, 0.2) is 5.78 Å². The van der Waals surface area contributed by atoms with Gasteiger partial charge < -0.3 is 16.9 Å². The molecule has 1 atom stereocenters. The molecule has 5 N–H and O–H groups in total. The highest BCUT2D eigenvalue weighted by molar-refractivity contribution is 6.28. The summed E-state index contributed by atoms with van der Waals surface area (Å²) in [5.41, 5.74) is 14.0. The largest absolute Gasteiger partial charge is 0.399 e. The minimum atomic E-state index is -0.634. The molecule has 1 rings (SSSR count). The van der Waals surface area contributed by atoms with E-state index in [4.69, 9.17) is 16.9 Å². The number of nitrogen functional groups attached to an aromatic ring is 1. The third-order valence-electron chi connectivity index (χ3n) is 2.31. The lowest BCUT2D eigenvalue weighted by atomic mass is 9.99. The van der Waals surface area contributed by atoms with E-state index in [1.165, 1.54) is 0 Å². The van der Waals surface area contributed by atoms with Gasteiger partial charge in [-0.1, -0.05) is 6.07 Å². The van der Waals surface area contributed by atoms with Gasteiger partial charge in [-0.25, -0.2) is 0 Å². The van der Waals surface area contributed by atoms with Crippen LogP contribution in [0, 0.1) is 12.3 Å². The third-order valence-corrected chi connectivity index (χ3v) is 2.31. The van der Waals surface area contributed by atoms with Crippen LogP contribution in [0.2, 0.25) is 0 Å². The molecule has 0 aliphatic rings. The van der Waals surface area contributed by atoms with Crippen molar-refractivity contribution in [3.8, 4) is 0 Å². The lowest BCUT2D eigenvalue weighted by molar-refractivity contribution is -0.113. The van der Waals surface area contributed by atoms with E-state index in [1.807, 2.05) is 19.1 Å². The summed E-state index contributed by atoms with van der Waals surface area (Å²) in [4.78, 5) is 11.1. The molecule has 0 saturated heterocycles. The highest BCUT2D eigenvalue weighted by Gasteiger charge is 2.12. The van der Waals surface area contributed by atoms with Crippen molar-refractivity contribution < 1.29 is 4.79 Å². The molecular formula is C11H15N3O. The zero-order chi connectivity index (χ0) is 11.4. The van der Waals surface area contributed by atoms with E-state index in [-0.39, 0.29) is 5.78 Å². The molecular weight excluding hydrogens is 190 g/mol. The van der Waals surface area contributed by atoms with Crippen LogP contribution in [0.1, 0.15) is 11.1 Å². The Kier molecular flexibility index (Phi) is 3.57. The Balaban J connectivity index is 2.81. The first kappa shape index (κ1) is 11.4. The highest BCUT2D eigenvalue weighted by Crippen LogP contribution is 2.13. The number of nitrogens with one attached hydrogen (secondary N) is 1. The fourth-order valence-corrected chi connectivity index (χ4v) is 1.39. The Labute approximate surface area is 88.8 Å². The summed E-state index contributed by atoms with van der Waals surface area (Å²) in [6, 6.07) is 4.85. The first-order valence-electron chi connectivity index (χ1n) is 4.69. The molecule has 1 aromatic rings. The second-order valence-electron chi connectivity index (χ2n) is 3.54. The van der Waals surface area contributed by atoms with Gasteiger partial charge in [0.1, 0.15) is 0 Å². The van der Waals surface area contributed by atoms with E-state index in [0.29, 0.717) is 12.1 Å². The maximum absolute atomic E-state index is 11.1. The number of rotatable bonds is 4. The SMILES string of the molecule is Cc1cc(N)ccc1CC(N)C(=O)C=N. The van der Waals surface area contributed by atoms with Gasteiger partial charge in [-0.3, -0.25) is 4.79 Å². The van der Waals surface area contributed by atoms with Gasteiger partial charge >= 0.3 is 0 Å². The smallest absolute Gasteiger partial charge is 0.190 e. The number of hydrogen-bond donors (Lipinski definition) is 3. The summed E-state index contributed by atoms with van der Waals surface area (Å²) >= 11 is 0. The molecule has 0 fully saturated rings. The average molecular weight is 205 g/mol. The Morgan fingerprint density at radius 3 is 2.80 bits per heavy atom. The van der Waals surface area contributed by atoms with Crippen LogP contribution in [0.4, 0.5) is 5.69 Å². The minimum absolute atomic E-state index is 0.355. The molecule has 0 aliphatic carbocycles. The predicted molar refractivity (Wildman–Crippen MR) is 61.1 cm³/mol. The topological polar surface area (TPSA) is 93.0 Å². The van der Waals surface area contributed by atoms with Crippen LogP contribution in [-0.2, 0) is 11.2 Å². The lowest BCUT2D eigenvalue weighted by Crippen LogP contribution is -2.33. The number of hydrogen-bond acceptors (Lipinski definition) is 4. The van der Waals surface area contributed by atoms with E-state index in [0.717, 1.165) is 17.3 Å². The fraction of sp³-hybridized carbons (Fsp3) is 0.273. The van der Waals surface area contributed by atoms with Crippen molar-refractivity contribution >= 4 is 17.7 Å². The number of aryl methyl sites for hydroxylation is 1. The Morgan fingerprint density at radius 2 is 2.27 bits per heavy atom. The van der Waals surface area contributed by atoms with Gasteiger partial charge in [0.05, 0.1) is 12.3 Å². The van der Waals surface area contributed by atoms with E-state index >= 15 is 0 Å². The van der Waals surface area contributed by atoms with Gasteiger partial charge in [0.2, 0.25) is 0 Å². The monoisotopic (exact) mass is 205 g/mol. The molecule has 4 heteroatoms. The van der Waals surface area contributed by atoms with Crippen LogP contribution < -0.4 is 11.5 Å². The summed E-state index contributed by atoms with van der Waals surface area (Å²) in [5.74, 6) is -0.355. The molecule has 0 heterocycles. The number of carbonyl (C=O) groups is 1. The second kappa shape index (κ2) is 4.70. The zero-order valence-corrected chi connectivity index (χ0v) is 8.66. The molecule has 0 radical (unpaired) electrons. The van der Waals surface area contributed by atoms with Crippen LogP contribution in [0.5, 0.6) is 0 Å². The molecule has 1 unspecified atom stereocenters. The number of benzene rings is 1. The Morgan fingerprint density at radius 1 is 1.60 bits per heavy atom. The molecule has 0 bridgehead atoms. The molecule has 0 saturated carbocycles. The van der Waals surface area contributed by atoms with E-state index < -0.39 is 6.04 Å². The Hall–Kier alpha value is -1.68. The van der Waals surface area contributed by atoms with E-state index in [2.05, 4.69) is 0 Å². The summed E-state index contributed by atoms with van der Waals surface area (Å²) < 4.78 is 0. The van der Waals surface area contributed by atoms with Crippen molar-refractivity contribution in [2.75, 3.05) is 5.73 Å². The molecule has 0 aliphatic heterocycles. The first-order chi connectivity index (χ1) is 7.04. The quantitative estimate of drug-likeness (QED) is 0.498. The van der Waals surface area contributed by atoms with Gasteiger partial charge in [-0.2, -0.15) is 0 Å². The summed E-state index contributed by atoms with van der Waals surface area (Å²) in [5, 5.41) is 6.82. The molecule has 0 aromatic heterocycles. The minimum Gasteiger partial charge on any atom is -0.399 e. The Bertz CT molecular complexity index is 387. The van der Waals surface area contributed by atoms with Crippen LogP contribution >= 0.6 is 0 Å². The first-order valence-corrected chi connectivity index (χ1v) is 4.69. The van der Waals surface area contributed by atoms with Crippen LogP contribution in [0.15, 0.2) is 18.2 Å². The van der Waals surface area contributed by atoms with Crippen molar-refractivity contribution in [2.24, 2.45) is 5.73 Å². The highest BCUT2D eigenvalue weighted by atomic mass is 16.1.